The molecule has 4 rings (SSSR count). The number of non-ortho nitro benzene ring substituents is 1. The summed E-state index contributed by atoms with van der Waals surface area (Å²) in [5.41, 5.74) is 1.58. The molecule has 32 heavy (non-hydrogen) atoms. The summed E-state index contributed by atoms with van der Waals surface area (Å²) in [6, 6.07) is 11.5. The van der Waals surface area contributed by atoms with Crippen LogP contribution < -0.4 is 0 Å². The minimum atomic E-state index is -0.506. The van der Waals surface area contributed by atoms with E-state index < -0.39 is 10.9 Å². The summed E-state index contributed by atoms with van der Waals surface area (Å²) < 4.78 is 9.50. The smallest absolute Gasteiger partial charge is 0.358 e. The summed E-state index contributed by atoms with van der Waals surface area (Å²) in [4.78, 5) is 22.1. The molecule has 0 amide bonds. The van der Waals surface area contributed by atoms with E-state index in [0.29, 0.717) is 22.4 Å². The van der Waals surface area contributed by atoms with E-state index in [0.717, 1.165) is 0 Å². The lowest BCUT2D eigenvalue weighted by atomic mass is 10.2. The lowest BCUT2D eigenvalue weighted by Crippen LogP contribution is -2.04. The summed E-state index contributed by atoms with van der Waals surface area (Å²) >= 11 is 1.32. The Morgan fingerprint density at radius 2 is 2.16 bits per heavy atom. The van der Waals surface area contributed by atoms with Gasteiger partial charge in [0, 0.05) is 24.5 Å². The molecule has 162 valence electrons. The molecule has 13 heteroatoms. The van der Waals surface area contributed by atoms with Crippen molar-refractivity contribution in [2.75, 3.05) is 7.11 Å². The standard InChI is InChI=1S/C19H16N8O4S/c1-31-18(28)17-7-9-24(23-17)13-32-19-22-20-12-26(19)21-11-16-6-3-8-25(16)14-4-2-5-15(10-14)27(29)30/h2-12H,13H2,1H3/b21-11-. The summed E-state index contributed by atoms with van der Waals surface area (Å²) in [6.45, 7) is 0. The third-order valence-corrected chi connectivity index (χ3v) is 5.20. The van der Waals surface area contributed by atoms with Crippen molar-refractivity contribution in [3.05, 3.63) is 82.7 Å². The monoisotopic (exact) mass is 452 g/mol. The molecular weight excluding hydrogens is 436 g/mol. The predicted octanol–water partition coefficient (Wildman–Crippen LogP) is 2.59. The van der Waals surface area contributed by atoms with Crippen molar-refractivity contribution >= 4 is 29.6 Å². The van der Waals surface area contributed by atoms with Crippen molar-refractivity contribution < 1.29 is 14.5 Å². The maximum absolute atomic E-state index is 11.5. The number of carbonyl (C=O) groups is 1. The number of hydrogen-bond acceptors (Lipinski definition) is 9. The quantitative estimate of drug-likeness (QED) is 0.131. The van der Waals surface area contributed by atoms with E-state index in [4.69, 9.17) is 0 Å². The first-order valence-electron chi connectivity index (χ1n) is 9.16. The Hall–Kier alpha value is -4.26. The Morgan fingerprint density at radius 3 is 2.97 bits per heavy atom. The third-order valence-electron chi connectivity index (χ3n) is 4.27. The number of methoxy groups -OCH3 is 1. The molecule has 0 aliphatic carbocycles. The highest BCUT2D eigenvalue weighted by Crippen LogP contribution is 2.19. The molecule has 4 aromatic rings. The van der Waals surface area contributed by atoms with E-state index in [2.05, 4.69) is 25.1 Å². The fraction of sp³-hybridized carbons (Fsp3) is 0.105. The minimum Gasteiger partial charge on any atom is -0.464 e. The summed E-state index contributed by atoms with van der Waals surface area (Å²) in [5, 5.41) is 28.0. The van der Waals surface area contributed by atoms with Crippen LogP contribution in [0.15, 0.2) is 71.4 Å². The van der Waals surface area contributed by atoms with Crippen molar-refractivity contribution in [1.82, 2.24) is 29.2 Å². The zero-order valence-corrected chi connectivity index (χ0v) is 17.5. The average Bonchev–Trinajstić information content (AvgIpc) is 3.56. The number of carbonyl (C=O) groups excluding carboxylic acids is 1. The Balaban J connectivity index is 1.48. The zero-order chi connectivity index (χ0) is 22.5. The zero-order valence-electron chi connectivity index (χ0n) is 16.7. The van der Waals surface area contributed by atoms with Crippen molar-refractivity contribution in [3.8, 4) is 5.69 Å². The van der Waals surface area contributed by atoms with Gasteiger partial charge in [-0.1, -0.05) is 17.8 Å². The third kappa shape index (κ3) is 4.57. The lowest BCUT2D eigenvalue weighted by molar-refractivity contribution is -0.384. The van der Waals surface area contributed by atoms with Crippen LogP contribution in [0.25, 0.3) is 5.69 Å². The number of hydrogen-bond donors (Lipinski definition) is 0. The van der Waals surface area contributed by atoms with Gasteiger partial charge in [-0.2, -0.15) is 14.9 Å². The van der Waals surface area contributed by atoms with Crippen molar-refractivity contribution in [2.24, 2.45) is 5.10 Å². The second-order valence-electron chi connectivity index (χ2n) is 6.29. The average molecular weight is 452 g/mol. The molecule has 0 spiro atoms. The molecule has 3 aromatic heterocycles. The largest absolute Gasteiger partial charge is 0.464 e. The van der Waals surface area contributed by atoms with Gasteiger partial charge in [-0.25, -0.2) is 4.79 Å². The normalized spacial score (nSPS) is 11.2. The number of rotatable bonds is 8. The summed E-state index contributed by atoms with van der Waals surface area (Å²) in [5.74, 6) is -0.122. The van der Waals surface area contributed by atoms with Gasteiger partial charge in [0.05, 0.1) is 35.5 Å². The fourth-order valence-corrected chi connectivity index (χ4v) is 3.50. The molecule has 0 aliphatic rings. The van der Waals surface area contributed by atoms with Crippen LogP contribution in [0.3, 0.4) is 0 Å². The van der Waals surface area contributed by atoms with Gasteiger partial charge in [-0.15, -0.1) is 10.2 Å². The van der Waals surface area contributed by atoms with Gasteiger partial charge < -0.3 is 9.30 Å². The lowest BCUT2D eigenvalue weighted by Gasteiger charge is -2.06. The Kier molecular flexibility index (Phi) is 6.07. The molecule has 0 unspecified atom stereocenters. The Morgan fingerprint density at radius 1 is 1.28 bits per heavy atom. The molecule has 0 saturated carbocycles. The van der Waals surface area contributed by atoms with E-state index in [9.17, 15) is 14.9 Å². The Labute approximate surface area is 185 Å². The first-order chi connectivity index (χ1) is 15.5. The van der Waals surface area contributed by atoms with Gasteiger partial charge in [-0.05, 0) is 24.3 Å². The summed E-state index contributed by atoms with van der Waals surface area (Å²) in [7, 11) is 1.30. The number of aromatic nitrogens is 6. The van der Waals surface area contributed by atoms with Crippen LogP contribution >= 0.6 is 11.8 Å². The molecule has 0 aliphatic heterocycles. The number of nitrogens with zero attached hydrogens (tertiary/aromatic N) is 8. The molecule has 0 bridgehead atoms. The van der Waals surface area contributed by atoms with Crippen LogP contribution in [-0.2, 0) is 10.6 Å². The number of benzene rings is 1. The van der Waals surface area contributed by atoms with Gasteiger partial charge >= 0.3 is 5.97 Å². The molecule has 1 aromatic carbocycles. The van der Waals surface area contributed by atoms with Crippen LogP contribution in [0.2, 0.25) is 0 Å². The van der Waals surface area contributed by atoms with Gasteiger partial charge in [0.25, 0.3) is 5.69 Å². The molecule has 0 fully saturated rings. The van der Waals surface area contributed by atoms with Gasteiger partial charge in [-0.3, -0.25) is 14.8 Å². The maximum atomic E-state index is 11.5. The molecule has 0 N–H and O–H groups in total. The van der Waals surface area contributed by atoms with E-state index in [-0.39, 0.29) is 11.4 Å². The predicted molar refractivity (Wildman–Crippen MR) is 115 cm³/mol. The van der Waals surface area contributed by atoms with Crippen LogP contribution in [0.1, 0.15) is 16.2 Å². The highest BCUT2D eigenvalue weighted by molar-refractivity contribution is 7.98. The van der Waals surface area contributed by atoms with Crippen LogP contribution in [0.4, 0.5) is 5.69 Å². The SMILES string of the molecule is COC(=O)c1ccn(CSc2nncn2/N=C\c2cccn2-c2cccc([N+](=O)[O-])c2)n1. The number of nitro groups is 1. The maximum Gasteiger partial charge on any atom is 0.358 e. The second-order valence-corrected chi connectivity index (χ2v) is 7.20. The molecular formula is C19H16N8O4S. The minimum absolute atomic E-state index is 0.00515. The van der Waals surface area contributed by atoms with Gasteiger partial charge in [0.2, 0.25) is 5.16 Å². The number of thioether (sulfide) groups is 1. The van der Waals surface area contributed by atoms with Crippen LogP contribution in [0.5, 0.6) is 0 Å². The number of ether oxygens (including phenoxy) is 1. The van der Waals surface area contributed by atoms with Crippen molar-refractivity contribution in [1.29, 1.82) is 0 Å². The number of esters is 1. The van der Waals surface area contributed by atoms with Gasteiger partial charge in [0.15, 0.2) is 5.69 Å². The van der Waals surface area contributed by atoms with Crippen LogP contribution in [-0.4, -0.2) is 53.4 Å². The van der Waals surface area contributed by atoms with Gasteiger partial charge in [0.1, 0.15) is 6.33 Å². The second kappa shape index (κ2) is 9.26. The van der Waals surface area contributed by atoms with Crippen molar-refractivity contribution in [3.63, 3.8) is 0 Å². The number of nitro benzene ring substituents is 1. The highest BCUT2D eigenvalue weighted by atomic mass is 32.2. The molecule has 0 radical (unpaired) electrons. The Bertz CT molecular complexity index is 1290. The molecule has 3 heterocycles. The fourth-order valence-electron chi connectivity index (χ4n) is 2.78. The topological polar surface area (TPSA) is 135 Å². The van der Waals surface area contributed by atoms with E-state index >= 15 is 0 Å². The molecule has 0 saturated heterocycles. The van der Waals surface area contributed by atoms with E-state index in [1.54, 1.807) is 46.1 Å². The summed E-state index contributed by atoms with van der Waals surface area (Å²) in [6.07, 6.45) is 6.52. The first-order valence-corrected chi connectivity index (χ1v) is 10.1. The first kappa shape index (κ1) is 21.0. The van der Waals surface area contributed by atoms with E-state index in [1.165, 1.54) is 42.0 Å². The molecule has 12 nitrogen and oxygen atoms in total. The highest BCUT2D eigenvalue weighted by Gasteiger charge is 2.11. The van der Waals surface area contributed by atoms with Crippen molar-refractivity contribution in [2.45, 2.75) is 11.0 Å². The van der Waals surface area contributed by atoms with E-state index in [1.807, 2.05) is 12.1 Å². The van der Waals surface area contributed by atoms with Crippen LogP contribution in [0, 0.1) is 10.1 Å². The molecule has 0 atom stereocenters.